The van der Waals surface area contributed by atoms with Gasteiger partial charge in [-0.1, -0.05) is 0 Å². The number of carbonyl (C=O) groups is 1. The van der Waals surface area contributed by atoms with Gasteiger partial charge in [0.15, 0.2) is 0 Å². The van der Waals surface area contributed by atoms with Crippen LogP contribution < -0.4 is 5.32 Å². The predicted octanol–water partition coefficient (Wildman–Crippen LogP) is 1.82. The molecule has 0 aliphatic heterocycles. The van der Waals surface area contributed by atoms with Crippen LogP contribution in [0.2, 0.25) is 0 Å². The van der Waals surface area contributed by atoms with Crippen LogP contribution in [0, 0.1) is 0 Å². The van der Waals surface area contributed by atoms with Gasteiger partial charge in [-0.3, -0.25) is 5.10 Å². The molecular formula is C11H15N3O2. The zero-order valence-electron chi connectivity index (χ0n) is 9.25. The molecular weight excluding hydrogens is 206 g/mol. The van der Waals surface area contributed by atoms with Crippen LogP contribution in [0.3, 0.4) is 0 Å². The minimum atomic E-state index is -0.203. The molecule has 1 heterocycles. The largest absolute Gasteiger partial charge is 0.463 e. The normalized spacial score (nSPS) is 15.3. The lowest BCUT2D eigenvalue weighted by Gasteiger charge is -2.07. The monoisotopic (exact) mass is 221 g/mol. The van der Waals surface area contributed by atoms with Gasteiger partial charge in [-0.25, -0.2) is 4.79 Å². The molecule has 0 unspecified atom stereocenters. The Labute approximate surface area is 93.9 Å². The quantitative estimate of drug-likeness (QED) is 0.761. The molecule has 0 saturated heterocycles. The number of H-pyrrole nitrogens is 1. The Morgan fingerprint density at radius 2 is 2.50 bits per heavy atom. The molecule has 1 aliphatic carbocycles. The minimum Gasteiger partial charge on any atom is -0.463 e. The van der Waals surface area contributed by atoms with E-state index >= 15 is 0 Å². The fourth-order valence-corrected chi connectivity index (χ4v) is 1.82. The van der Waals surface area contributed by atoms with Crippen molar-refractivity contribution in [3.8, 4) is 0 Å². The zero-order chi connectivity index (χ0) is 11.4. The van der Waals surface area contributed by atoms with Crippen LogP contribution >= 0.6 is 0 Å². The lowest BCUT2D eigenvalue weighted by Crippen LogP contribution is -2.10. The van der Waals surface area contributed by atoms with E-state index in [0.717, 1.165) is 36.2 Å². The molecule has 0 aromatic carbocycles. The topological polar surface area (TPSA) is 67.0 Å². The van der Waals surface area contributed by atoms with Crippen molar-refractivity contribution in [1.29, 1.82) is 0 Å². The first kappa shape index (κ1) is 10.7. The minimum absolute atomic E-state index is 0.203. The third-order valence-electron chi connectivity index (χ3n) is 2.53. The fraction of sp³-hybridized carbons (Fsp3) is 0.455. The summed E-state index contributed by atoms with van der Waals surface area (Å²) in [6, 6.07) is 0. The van der Waals surface area contributed by atoms with E-state index < -0.39 is 0 Å². The van der Waals surface area contributed by atoms with Gasteiger partial charge in [-0.05, 0) is 26.2 Å². The maximum Gasteiger partial charge on any atom is 0.335 e. The Morgan fingerprint density at radius 3 is 3.19 bits per heavy atom. The lowest BCUT2D eigenvalue weighted by molar-refractivity contribution is -0.138. The molecule has 5 heteroatoms. The van der Waals surface area contributed by atoms with Gasteiger partial charge in [0.2, 0.25) is 0 Å². The lowest BCUT2D eigenvalue weighted by atomic mass is 10.2. The summed E-state index contributed by atoms with van der Waals surface area (Å²) in [4.78, 5) is 11.6. The number of rotatable bonds is 4. The van der Waals surface area contributed by atoms with Crippen LogP contribution in [0.5, 0.6) is 0 Å². The average Bonchev–Trinajstić information content (AvgIpc) is 2.90. The molecule has 0 amide bonds. The summed E-state index contributed by atoms with van der Waals surface area (Å²) < 4.78 is 5.01. The molecule has 1 aliphatic rings. The molecule has 86 valence electrons. The van der Waals surface area contributed by atoms with Gasteiger partial charge in [-0.15, -0.1) is 0 Å². The molecule has 0 fully saturated rings. The van der Waals surface area contributed by atoms with Crippen molar-refractivity contribution in [2.45, 2.75) is 26.2 Å². The fourth-order valence-electron chi connectivity index (χ4n) is 1.82. The highest BCUT2D eigenvalue weighted by molar-refractivity contribution is 5.90. The van der Waals surface area contributed by atoms with E-state index in [4.69, 9.17) is 4.74 Å². The van der Waals surface area contributed by atoms with Gasteiger partial charge in [-0.2, -0.15) is 5.10 Å². The Hall–Kier alpha value is -1.78. The Morgan fingerprint density at radius 1 is 1.62 bits per heavy atom. The van der Waals surface area contributed by atoms with Gasteiger partial charge >= 0.3 is 5.97 Å². The van der Waals surface area contributed by atoms with E-state index in [9.17, 15) is 4.79 Å². The van der Waals surface area contributed by atoms with Crippen molar-refractivity contribution in [2.24, 2.45) is 0 Å². The summed E-state index contributed by atoms with van der Waals surface area (Å²) in [5, 5.41) is 9.76. The molecule has 16 heavy (non-hydrogen) atoms. The van der Waals surface area contributed by atoms with Gasteiger partial charge in [0.25, 0.3) is 0 Å². The summed E-state index contributed by atoms with van der Waals surface area (Å²) in [5.41, 5.74) is 2.60. The number of nitrogens with one attached hydrogen (secondary N) is 2. The number of aromatic nitrogens is 2. The predicted molar refractivity (Wildman–Crippen MR) is 59.7 cm³/mol. The molecule has 0 atom stereocenters. The van der Waals surface area contributed by atoms with Gasteiger partial charge < -0.3 is 10.1 Å². The van der Waals surface area contributed by atoms with Crippen molar-refractivity contribution < 1.29 is 9.53 Å². The summed E-state index contributed by atoms with van der Waals surface area (Å²) in [6.45, 7) is 2.23. The smallest absolute Gasteiger partial charge is 0.335 e. The number of allylic oxidation sites excluding steroid dienone is 1. The van der Waals surface area contributed by atoms with Gasteiger partial charge in [0.05, 0.1) is 24.1 Å². The third kappa shape index (κ3) is 2.24. The highest BCUT2D eigenvalue weighted by atomic mass is 16.5. The average molecular weight is 221 g/mol. The van der Waals surface area contributed by atoms with E-state index in [1.165, 1.54) is 0 Å². The van der Waals surface area contributed by atoms with Crippen LogP contribution in [0.1, 0.15) is 26.2 Å². The van der Waals surface area contributed by atoms with Crippen LogP contribution in [0.25, 0.3) is 0 Å². The van der Waals surface area contributed by atoms with Crippen molar-refractivity contribution in [3.05, 3.63) is 23.7 Å². The third-order valence-corrected chi connectivity index (χ3v) is 2.53. The molecule has 0 radical (unpaired) electrons. The maximum absolute atomic E-state index is 11.6. The van der Waals surface area contributed by atoms with E-state index in [1.807, 2.05) is 6.92 Å². The number of nitrogens with zero attached hydrogens (tertiary/aromatic N) is 1. The Bertz CT molecular complexity index is 395. The van der Waals surface area contributed by atoms with Crippen LogP contribution in [0.15, 0.2) is 23.7 Å². The first-order valence-corrected chi connectivity index (χ1v) is 5.46. The number of anilines is 1. The van der Waals surface area contributed by atoms with Crippen LogP contribution in [-0.2, 0) is 9.53 Å². The number of carbonyl (C=O) groups excluding carboxylic acids is 1. The van der Waals surface area contributed by atoms with Gasteiger partial charge in [0, 0.05) is 11.9 Å². The number of ether oxygens (including phenoxy) is 1. The van der Waals surface area contributed by atoms with Crippen molar-refractivity contribution in [3.63, 3.8) is 0 Å². The number of aromatic amines is 1. The highest BCUT2D eigenvalue weighted by Crippen LogP contribution is 2.27. The van der Waals surface area contributed by atoms with Crippen molar-refractivity contribution in [2.75, 3.05) is 11.9 Å². The summed E-state index contributed by atoms with van der Waals surface area (Å²) in [5.74, 6) is -0.203. The summed E-state index contributed by atoms with van der Waals surface area (Å²) in [6.07, 6.45) is 6.12. The number of hydrogen-bond donors (Lipinski definition) is 2. The zero-order valence-corrected chi connectivity index (χ0v) is 9.25. The first-order chi connectivity index (χ1) is 7.81. The maximum atomic E-state index is 11.6. The number of hydrogen-bond acceptors (Lipinski definition) is 4. The molecule has 0 spiro atoms. The van der Waals surface area contributed by atoms with Crippen LogP contribution in [0.4, 0.5) is 5.69 Å². The SMILES string of the molecule is CCOC(=O)C1=C(Nc2cn[nH]c2)CCC1. The molecule has 2 rings (SSSR count). The first-order valence-electron chi connectivity index (χ1n) is 5.46. The van der Waals surface area contributed by atoms with Crippen molar-refractivity contribution >= 4 is 11.7 Å². The van der Waals surface area contributed by atoms with Crippen molar-refractivity contribution in [1.82, 2.24) is 10.2 Å². The molecule has 0 saturated carbocycles. The molecule has 1 aromatic heterocycles. The summed E-state index contributed by atoms with van der Waals surface area (Å²) >= 11 is 0. The van der Waals surface area contributed by atoms with E-state index in [1.54, 1.807) is 12.4 Å². The molecule has 2 N–H and O–H groups in total. The van der Waals surface area contributed by atoms with E-state index in [2.05, 4.69) is 15.5 Å². The van der Waals surface area contributed by atoms with Crippen LogP contribution in [-0.4, -0.2) is 22.8 Å². The number of esters is 1. The standard InChI is InChI=1S/C11H15N3O2/c1-2-16-11(15)9-4-3-5-10(9)14-8-6-12-13-7-8/h6-7,14H,2-5H2,1H3,(H,12,13). The van der Waals surface area contributed by atoms with E-state index in [-0.39, 0.29) is 5.97 Å². The summed E-state index contributed by atoms with van der Waals surface area (Å²) in [7, 11) is 0. The second-order valence-corrected chi connectivity index (χ2v) is 3.64. The second-order valence-electron chi connectivity index (χ2n) is 3.64. The van der Waals surface area contributed by atoms with Gasteiger partial charge in [0.1, 0.15) is 0 Å². The molecule has 0 bridgehead atoms. The Balaban J connectivity index is 2.11. The second kappa shape index (κ2) is 4.83. The Kier molecular flexibility index (Phi) is 3.24. The molecule has 5 nitrogen and oxygen atoms in total. The molecule has 1 aromatic rings. The highest BCUT2D eigenvalue weighted by Gasteiger charge is 2.22. The van der Waals surface area contributed by atoms with E-state index in [0.29, 0.717) is 6.61 Å².